The molecule has 1 heterocycles. The van der Waals surface area contributed by atoms with Gasteiger partial charge in [0.05, 0.1) is 12.0 Å². The standard InChI is InChI=1S/C7H12O3/c1-2-6-5(7(8)9)3-4-10-6/h5-6H,2-4H2,1H3,(H,8,9)/t5-,6+/m0/s1. The molecule has 1 N–H and O–H groups in total. The fraction of sp³-hybridized carbons (Fsp3) is 0.857. The highest BCUT2D eigenvalue weighted by Crippen LogP contribution is 2.22. The van der Waals surface area contributed by atoms with Crippen LogP contribution in [0, 0.1) is 5.92 Å². The third-order valence-electron chi connectivity index (χ3n) is 1.93. The minimum atomic E-state index is -0.718. The van der Waals surface area contributed by atoms with Gasteiger partial charge in [0.2, 0.25) is 0 Å². The van der Waals surface area contributed by atoms with Crippen LogP contribution >= 0.6 is 0 Å². The Labute approximate surface area is 60.0 Å². The summed E-state index contributed by atoms with van der Waals surface area (Å²) in [4.78, 5) is 10.5. The molecule has 1 aliphatic heterocycles. The van der Waals surface area contributed by atoms with Crippen LogP contribution in [0.4, 0.5) is 0 Å². The lowest BCUT2D eigenvalue weighted by atomic mass is 10.0. The highest BCUT2D eigenvalue weighted by atomic mass is 16.5. The molecule has 2 atom stereocenters. The number of aliphatic carboxylic acids is 1. The van der Waals surface area contributed by atoms with Gasteiger partial charge in [0.15, 0.2) is 0 Å². The minimum Gasteiger partial charge on any atom is -0.481 e. The third-order valence-corrected chi connectivity index (χ3v) is 1.93. The monoisotopic (exact) mass is 144 g/mol. The number of carboxylic acids is 1. The number of ether oxygens (including phenoxy) is 1. The largest absolute Gasteiger partial charge is 0.481 e. The van der Waals surface area contributed by atoms with Crippen molar-refractivity contribution in [2.75, 3.05) is 6.61 Å². The zero-order valence-corrected chi connectivity index (χ0v) is 6.04. The molecule has 0 radical (unpaired) electrons. The molecule has 0 bridgehead atoms. The summed E-state index contributed by atoms with van der Waals surface area (Å²) < 4.78 is 5.20. The van der Waals surface area contributed by atoms with E-state index in [-0.39, 0.29) is 12.0 Å². The second kappa shape index (κ2) is 3.01. The summed E-state index contributed by atoms with van der Waals surface area (Å²) >= 11 is 0. The van der Waals surface area contributed by atoms with Gasteiger partial charge in [0.1, 0.15) is 0 Å². The summed E-state index contributed by atoms with van der Waals surface area (Å²) in [6.45, 7) is 2.56. The molecule has 0 aromatic heterocycles. The van der Waals surface area contributed by atoms with Crippen LogP contribution in [0.5, 0.6) is 0 Å². The second-order valence-electron chi connectivity index (χ2n) is 2.55. The van der Waals surface area contributed by atoms with Crippen molar-refractivity contribution in [3.63, 3.8) is 0 Å². The molecule has 3 heteroatoms. The Bertz CT molecular complexity index is 133. The molecule has 1 fully saturated rings. The number of carboxylic acid groups (broad SMARTS) is 1. The topological polar surface area (TPSA) is 46.5 Å². The first-order chi connectivity index (χ1) is 4.75. The second-order valence-corrected chi connectivity index (χ2v) is 2.55. The number of carbonyl (C=O) groups is 1. The average Bonchev–Trinajstić information content (AvgIpc) is 2.33. The molecule has 1 rings (SSSR count). The van der Waals surface area contributed by atoms with Crippen molar-refractivity contribution in [2.24, 2.45) is 5.92 Å². The van der Waals surface area contributed by atoms with E-state index in [2.05, 4.69) is 0 Å². The van der Waals surface area contributed by atoms with Crippen LogP contribution in [0.15, 0.2) is 0 Å². The van der Waals surface area contributed by atoms with Crippen LogP contribution in [-0.4, -0.2) is 23.8 Å². The van der Waals surface area contributed by atoms with Crippen molar-refractivity contribution in [1.29, 1.82) is 0 Å². The normalized spacial score (nSPS) is 32.5. The van der Waals surface area contributed by atoms with E-state index < -0.39 is 5.97 Å². The lowest BCUT2D eigenvalue weighted by Gasteiger charge is -2.10. The van der Waals surface area contributed by atoms with Gasteiger partial charge >= 0.3 is 5.97 Å². The first kappa shape index (κ1) is 7.54. The van der Waals surface area contributed by atoms with Crippen LogP contribution in [-0.2, 0) is 9.53 Å². The summed E-state index contributed by atoms with van der Waals surface area (Å²) in [7, 11) is 0. The number of hydrogen-bond donors (Lipinski definition) is 1. The fourth-order valence-electron chi connectivity index (χ4n) is 1.33. The van der Waals surface area contributed by atoms with E-state index in [1.165, 1.54) is 0 Å². The SMILES string of the molecule is CC[C@H]1OCC[C@@H]1C(=O)O. The average molecular weight is 144 g/mol. The minimum absolute atomic E-state index is 0.0440. The van der Waals surface area contributed by atoms with Crippen molar-refractivity contribution in [3.05, 3.63) is 0 Å². The lowest BCUT2D eigenvalue weighted by Crippen LogP contribution is -2.22. The van der Waals surface area contributed by atoms with Gasteiger partial charge < -0.3 is 9.84 Å². The number of rotatable bonds is 2. The molecule has 58 valence electrons. The maximum absolute atomic E-state index is 10.5. The zero-order valence-electron chi connectivity index (χ0n) is 6.04. The van der Waals surface area contributed by atoms with E-state index in [1.807, 2.05) is 6.92 Å². The maximum atomic E-state index is 10.5. The van der Waals surface area contributed by atoms with Gasteiger partial charge in [-0.15, -0.1) is 0 Å². The quantitative estimate of drug-likeness (QED) is 0.626. The summed E-state index contributed by atoms with van der Waals surface area (Å²) in [6, 6.07) is 0. The Kier molecular flexibility index (Phi) is 2.27. The molecule has 0 saturated carbocycles. The maximum Gasteiger partial charge on any atom is 0.309 e. The number of hydrogen-bond acceptors (Lipinski definition) is 2. The molecule has 1 aliphatic rings. The van der Waals surface area contributed by atoms with Gasteiger partial charge in [-0.05, 0) is 12.8 Å². The first-order valence-electron chi connectivity index (χ1n) is 3.60. The van der Waals surface area contributed by atoms with Crippen LogP contribution < -0.4 is 0 Å². The van der Waals surface area contributed by atoms with Gasteiger partial charge in [0, 0.05) is 6.61 Å². The van der Waals surface area contributed by atoms with Gasteiger partial charge in [-0.1, -0.05) is 6.92 Å². The Morgan fingerprint density at radius 3 is 2.90 bits per heavy atom. The Morgan fingerprint density at radius 2 is 2.50 bits per heavy atom. The summed E-state index contributed by atoms with van der Waals surface area (Å²) in [6.07, 6.45) is 1.43. The zero-order chi connectivity index (χ0) is 7.56. The lowest BCUT2D eigenvalue weighted by molar-refractivity contribution is -0.143. The Morgan fingerprint density at radius 1 is 1.80 bits per heavy atom. The summed E-state index contributed by atoms with van der Waals surface area (Å²) in [5.74, 6) is -0.977. The van der Waals surface area contributed by atoms with E-state index >= 15 is 0 Å². The van der Waals surface area contributed by atoms with Crippen molar-refractivity contribution < 1.29 is 14.6 Å². The van der Waals surface area contributed by atoms with Gasteiger partial charge in [-0.25, -0.2) is 0 Å². The molecular weight excluding hydrogens is 132 g/mol. The van der Waals surface area contributed by atoms with E-state index in [0.29, 0.717) is 13.0 Å². The molecular formula is C7H12O3. The molecule has 0 amide bonds. The predicted octanol–water partition coefficient (Wildman–Crippen LogP) is 0.886. The Hall–Kier alpha value is -0.570. The molecule has 0 spiro atoms. The smallest absolute Gasteiger partial charge is 0.309 e. The van der Waals surface area contributed by atoms with Gasteiger partial charge in [-0.3, -0.25) is 4.79 Å². The van der Waals surface area contributed by atoms with Crippen LogP contribution in [0.3, 0.4) is 0 Å². The first-order valence-corrected chi connectivity index (χ1v) is 3.60. The molecule has 1 saturated heterocycles. The van der Waals surface area contributed by atoms with E-state index in [4.69, 9.17) is 9.84 Å². The van der Waals surface area contributed by atoms with Crippen molar-refractivity contribution >= 4 is 5.97 Å². The molecule has 3 nitrogen and oxygen atoms in total. The van der Waals surface area contributed by atoms with Crippen LogP contribution in [0.1, 0.15) is 19.8 Å². The van der Waals surface area contributed by atoms with E-state index in [9.17, 15) is 4.79 Å². The van der Waals surface area contributed by atoms with E-state index in [0.717, 1.165) is 6.42 Å². The van der Waals surface area contributed by atoms with Crippen molar-refractivity contribution in [3.8, 4) is 0 Å². The highest BCUT2D eigenvalue weighted by molar-refractivity contribution is 5.71. The van der Waals surface area contributed by atoms with Crippen molar-refractivity contribution in [1.82, 2.24) is 0 Å². The molecule has 0 aromatic carbocycles. The summed E-state index contributed by atoms with van der Waals surface area (Å²) in [5.41, 5.74) is 0. The van der Waals surface area contributed by atoms with Crippen molar-refractivity contribution in [2.45, 2.75) is 25.9 Å². The summed E-state index contributed by atoms with van der Waals surface area (Å²) in [5, 5.41) is 8.63. The van der Waals surface area contributed by atoms with Crippen LogP contribution in [0.25, 0.3) is 0 Å². The highest BCUT2D eigenvalue weighted by Gasteiger charge is 2.32. The molecule has 0 aromatic rings. The third kappa shape index (κ3) is 1.29. The molecule has 0 unspecified atom stereocenters. The van der Waals surface area contributed by atoms with E-state index in [1.54, 1.807) is 0 Å². The molecule has 10 heavy (non-hydrogen) atoms. The van der Waals surface area contributed by atoms with Crippen LogP contribution in [0.2, 0.25) is 0 Å². The Balaban J connectivity index is 2.50. The molecule has 0 aliphatic carbocycles. The predicted molar refractivity (Wildman–Crippen MR) is 35.8 cm³/mol. The van der Waals surface area contributed by atoms with Gasteiger partial charge in [0.25, 0.3) is 0 Å². The van der Waals surface area contributed by atoms with Gasteiger partial charge in [-0.2, -0.15) is 0 Å². The fourth-order valence-corrected chi connectivity index (χ4v) is 1.33.